The number of thioether (sulfide) groups is 1. The number of carbonyl (C=O) groups excluding carboxylic acids is 1. The van der Waals surface area contributed by atoms with Crippen LogP contribution < -0.4 is 14.8 Å². The molecule has 0 saturated carbocycles. The van der Waals surface area contributed by atoms with Crippen LogP contribution in [0.1, 0.15) is 12.8 Å². The van der Waals surface area contributed by atoms with Gasteiger partial charge in [-0.25, -0.2) is 8.42 Å². The Bertz CT molecular complexity index is 1000. The minimum absolute atomic E-state index is 0.0698. The molecule has 0 aliphatic carbocycles. The van der Waals surface area contributed by atoms with E-state index >= 15 is 0 Å². The number of hydrogen-bond donors (Lipinski definition) is 1. The van der Waals surface area contributed by atoms with Gasteiger partial charge in [0.25, 0.3) is 0 Å². The van der Waals surface area contributed by atoms with Gasteiger partial charge < -0.3 is 14.8 Å². The number of ether oxygens (including phenoxy) is 2. The van der Waals surface area contributed by atoms with Gasteiger partial charge in [-0.05, 0) is 43.4 Å². The average molecular weight is 451 g/mol. The van der Waals surface area contributed by atoms with Crippen molar-refractivity contribution in [3.63, 3.8) is 0 Å². The minimum atomic E-state index is -3.68. The lowest BCUT2D eigenvalue weighted by atomic mass is 9.97. The summed E-state index contributed by atoms with van der Waals surface area (Å²) >= 11 is 1.57. The smallest absolute Gasteiger partial charge is 0.243 e. The molecule has 2 aromatic carbocycles. The van der Waals surface area contributed by atoms with Crippen LogP contribution in [0, 0.1) is 5.92 Å². The minimum Gasteiger partial charge on any atom is -0.493 e. The van der Waals surface area contributed by atoms with E-state index in [1.807, 2.05) is 30.5 Å². The number of carbonyl (C=O) groups is 1. The summed E-state index contributed by atoms with van der Waals surface area (Å²) < 4.78 is 37.9. The second-order valence-electron chi connectivity index (χ2n) is 6.88. The highest BCUT2D eigenvalue weighted by Crippen LogP contribution is 2.32. The first-order valence-electron chi connectivity index (χ1n) is 9.56. The summed E-state index contributed by atoms with van der Waals surface area (Å²) in [4.78, 5) is 13.8. The molecule has 2 aromatic rings. The SMILES string of the molecule is COc1ccc(S(=O)(=O)N2CCC(C(=O)Nc3ccccc3SC)CC2)cc1OC. The lowest BCUT2D eigenvalue weighted by molar-refractivity contribution is -0.120. The Morgan fingerprint density at radius 2 is 1.73 bits per heavy atom. The third-order valence-electron chi connectivity index (χ3n) is 5.18. The summed E-state index contributed by atoms with van der Waals surface area (Å²) in [6.45, 7) is 0.581. The molecule has 0 aromatic heterocycles. The van der Waals surface area contributed by atoms with Crippen molar-refractivity contribution in [3.8, 4) is 11.5 Å². The predicted octanol–water partition coefficient (Wildman–Crippen LogP) is 3.47. The van der Waals surface area contributed by atoms with Gasteiger partial charge in [-0.1, -0.05) is 12.1 Å². The Morgan fingerprint density at radius 1 is 1.07 bits per heavy atom. The van der Waals surface area contributed by atoms with Crippen molar-refractivity contribution in [2.24, 2.45) is 5.92 Å². The van der Waals surface area contributed by atoms with E-state index in [9.17, 15) is 13.2 Å². The highest BCUT2D eigenvalue weighted by molar-refractivity contribution is 7.98. The number of anilines is 1. The summed E-state index contributed by atoms with van der Waals surface area (Å²) in [6.07, 6.45) is 2.90. The van der Waals surface area contributed by atoms with Crippen LogP contribution in [0.5, 0.6) is 11.5 Å². The Morgan fingerprint density at radius 3 is 2.37 bits per heavy atom. The monoisotopic (exact) mass is 450 g/mol. The third-order valence-corrected chi connectivity index (χ3v) is 7.87. The van der Waals surface area contributed by atoms with Gasteiger partial charge in [0.2, 0.25) is 15.9 Å². The standard InChI is InChI=1S/C21H26N2O5S2/c1-27-18-9-8-16(14-19(18)28-2)30(25,26)23-12-10-15(11-13-23)21(24)22-17-6-4-5-7-20(17)29-3/h4-9,14-15H,10-13H2,1-3H3,(H,22,24). The maximum Gasteiger partial charge on any atom is 0.243 e. The summed E-state index contributed by atoms with van der Waals surface area (Å²) in [5, 5.41) is 2.99. The zero-order chi connectivity index (χ0) is 21.7. The number of amides is 1. The Hall–Kier alpha value is -2.23. The molecule has 1 N–H and O–H groups in total. The molecule has 1 amide bonds. The number of para-hydroxylation sites is 1. The quantitative estimate of drug-likeness (QED) is 0.651. The highest BCUT2D eigenvalue weighted by atomic mass is 32.2. The molecule has 162 valence electrons. The molecule has 1 saturated heterocycles. The van der Waals surface area contributed by atoms with Gasteiger partial charge in [-0.15, -0.1) is 11.8 Å². The summed E-state index contributed by atoms with van der Waals surface area (Å²) in [6, 6.07) is 12.2. The molecule has 7 nitrogen and oxygen atoms in total. The fourth-order valence-electron chi connectivity index (χ4n) is 3.47. The number of hydrogen-bond acceptors (Lipinski definition) is 6. The summed E-state index contributed by atoms with van der Waals surface area (Å²) in [7, 11) is -0.710. The molecule has 30 heavy (non-hydrogen) atoms. The number of rotatable bonds is 7. The van der Waals surface area contributed by atoms with Crippen LogP contribution in [0.2, 0.25) is 0 Å². The first-order valence-corrected chi connectivity index (χ1v) is 12.2. The maximum atomic E-state index is 13.0. The van der Waals surface area contributed by atoms with E-state index in [0.717, 1.165) is 10.6 Å². The number of nitrogens with one attached hydrogen (secondary N) is 1. The molecule has 1 aliphatic heterocycles. The van der Waals surface area contributed by atoms with Crippen molar-refractivity contribution in [2.75, 3.05) is 38.9 Å². The van der Waals surface area contributed by atoms with Crippen molar-refractivity contribution in [1.29, 1.82) is 0 Å². The zero-order valence-electron chi connectivity index (χ0n) is 17.3. The molecule has 0 spiro atoms. The number of benzene rings is 2. The van der Waals surface area contributed by atoms with Crippen molar-refractivity contribution in [2.45, 2.75) is 22.6 Å². The first kappa shape index (κ1) is 22.5. The van der Waals surface area contributed by atoms with Gasteiger partial charge in [0.05, 0.1) is 24.8 Å². The van der Waals surface area contributed by atoms with Crippen LogP contribution in [-0.2, 0) is 14.8 Å². The molecule has 0 radical (unpaired) electrons. The molecule has 0 atom stereocenters. The number of sulfonamides is 1. The maximum absolute atomic E-state index is 13.0. The third kappa shape index (κ3) is 4.74. The number of piperidine rings is 1. The molecular weight excluding hydrogens is 424 g/mol. The van der Waals surface area contributed by atoms with Crippen LogP contribution in [0.25, 0.3) is 0 Å². The second kappa shape index (κ2) is 9.72. The van der Waals surface area contributed by atoms with Crippen LogP contribution >= 0.6 is 11.8 Å². The average Bonchev–Trinajstić information content (AvgIpc) is 2.78. The van der Waals surface area contributed by atoms with Gasteiger partial charge in [0.15, 0.2) is 11.5 Å². The van der Waals surface area contributed by atoms with Gasteiger partial charge in [0.1, 0.15) is 0 Å². The Balaban J connectivity index is 1.66. The molecule has 0 unspecified atom stereocenters. The van der Waals surface area contributed by atoms with Crippen LogP contribution in [0.15, 0.2) is 52.3 Å². The Kier molecular flexibility index (Phi) is 7.27. The fourth-order valence-corrected chi connectivity index (χ4v) is 5.51. The molecule has 1 heterocycles. The Labute approximate surface area is 181 Å². The zero-order valence-corrected chi connectivity index (χ0v) is 18.9. The van der Waals surface area contributed by atoms with Gasteiger partial charge >= 0.3 is 0 Å². The highest BCUT2D eigenvalue weighted by Gasteiger charge is 2.32. The molecule has 3 rings (SSSR count). The van der Waals surface area contributed by atoms with E-state index in [1.165, 1.54) is 30.7 Å². The van der Waals surface area contributed by atoms with Crippen molar-refractivity contribution >= 4 is 33.4 Å². The predicted molar refractivity (Wildman–Crippen MR) is 118 cm³/mol. The summed E-state index contributed by atoms with van der Waals surface area (Å²) in [5.74, 6) is 0.536. The topological polar surface area (TPSA) is 84.9 Å². The van der Waals surface area contributed by atoms with Gasteiger partial charge in [-0.2, -0.15) is 4.31 Å². The largest absolute Gasteiger partial charge is 0.493 e. The van der Waals surface area contributed by atoms with E-state index < -0.39 is 10.0 Å². The lowest BCUT2D eigenvalue weighted by Gasteiger charge is -2.30. The number of methoxy groups -OCH3 is 2. The molecular formula is C21H26N2O5S2. The van der Waals surface area contributed by atoms with Crippen LogP contribution in [-0.4, -0.2) is 52.2 Å². The van der Waals surface area contributed by atoms with Crippen LogP contribution in [0.3, 0.4) is 0 Å². The van der Waals surface area contributed by atoms with Crippen molar-refractivity contribution in [1.82, 2.24) is 4.31 Å². The molecule has 1 aliphatic rings. The molecule has 9 heteroatoms. The second-order valence-corrected chi connectivity index (χ2v) is 9.67. The first-order chi connectivity index (χ1) is 14.4. The van der Waals surface area contributed by atoms with Gasteiger partial charge in [0, 0.05) is 30.0 Å². The van der Waals surface area contributed by atoms with Crippen molar-refractivity contribution < 1.29 is 22.7 Å². The number of nitrogens with zero attached hydrogens (tertiary/aromatic N) is 1. The van der Waals surface area contributed by atoms with E-state index in [-0.39, 0.29) is 16.7 Å². The van der Waals surface area contributed by atoms with E-state index in [2.05, 4.69) is 5.32 Å². The van der Waals surface area contributed by atoms with E-state index in [1.54, 1.807) is 17.8 Å². The van der Waals surface area contributed by atoms with Crippen LogP contribution in [0.4, 0.5) is 5.69 Å². The van der Waals surface area contributed by atoms with E-state index in [4.69, 9.17) is 9.47 Å². The lowest BCUT2D eigenvalue weighted by Crippen LogP contribution is -2.41. The molecule has 1 fully saturated rings. The van der Waals surface area contributed by atoms with Gasteiger partial charge in [-0.3, -0.25) is 4.79 Å². The normalized spacial score (nSPS) is 15.6. The fraction of sp³-hybridized carbons (Fsp3) is 0.381. The molecule has 0 bridgehead atoms. The van der Waals surface area contributed by atoms with Crippen molar-refractivity contribution in [3.05, 3.63) is 42.5 Å². The summed E-state index contributed by atoms with van der Waals surface area (Å²) in [5.41, 5.74) is 0.787. The van der Waals surface area contributed by atoms with E-state index in [0.29, 0.717) is 37.4 Å².